The van der Waals surface area contributed by atoms with Gasteiger partial charge in [-0.05, 0) is 30.7 Å². The Bertz CT molecular complexity index is 851. The van der Waals surface area contributed by atoms with Crippen LogP contribution in [0.1, 0.15) is 33.5 Å². The molecular weight excluding hydrogens is 306 g/mol. The standard InChI is InChI=1S/C18H19N3O3/c1-12-15(7-10-24-12)18(22)20-16(17-19-8-9-21(17)2)13-5-4-6-14(11-13)23-3/h4-11,16H,1-3H3,(H,20,22). The largest absolute Gasteiger partial charge is 0.497 e. The molecule has 24 heavy (non-hydrogen) atoms. The minimum absolute atomic E-state index is 0.211. The van der Waals surface area contributed by atoms with Gasteiger partial charge in [0.15, 0.2) is 0 Å². The van der Waals surface area contributed by atoms with Gasteiger partial charge in [0, 0.05) is 19.4 Å². The number of aryl methyl sites for hydroxylation is 2. The first-order valence-corrected chi connectivity index (χ1v) is 7.56. The van der Waals surface area contributed by atoms with Crippen molar-refractivity contribution in [3.63, 3.8) is 0 Å². The van der Waals surface area contributed by atoms with E-state index in [0.29, 0.717) is 11.3 Å². The molecule has 3 aromatic rings. The number of benzene rings is 1. The van der Waals surface area contributed by atoms with E-state index in [-0.39, 0.29) is 5.91 Å². The van der Waals surface area contributed by atoms with Gasteiger partial charge >= 0.3 is 0 Å². The number of hydrogen-bond acceptors (Lipinski definition) is 4. The van der Waals surface area contributed by atoms with Crippen molar-refractivity contribution in [2.75, 3.05) is 7.11 Å². The number of methoxy groups -OCH3 is 1. The molecule has 0 fully saturated rings. The first kappa shape index (κ1) is 15.9. The molecule has 0 aliphatic carbocycles. The minimum Gasteiger partial charge on any atom is -0.497 e. The fourth-order valence-electron chi connectivity index (χ4n) is 2.60. The summed E-state index contributed by atoms with van der Waals surface area (Å²) in [6.45, 7) is 1.76. The number of furan rings is 1. The highest BCUT2D eigenvalue weighted by Gasteiger charge is 2.23. The number of carbonyl (C=O) groups is 1. The average Bonchev–Trinajstić information content (AvgIpc) is 3.21. The van der Waals surface area contributed by atoms with Gasteiger partial charge in [-0.2, -0.15) is 0 Å². The number of aromatic nitrogens is 2. The maximum atomic E-state index is 12.6. The van der Waals surface area contributed by atoms with Crippen molar-refractivity contribution >= 4 is 5.91 Å². The lowest BCUT2D eigenvalue weighted by atomic mass is 10.0. The summed E-state index contributed by atoms with van der Waals surface area (Å²) in [4.78, 5) is 17.0. The Morgan fingerprint density at radius 2 is 2.21 bits per heavy atom. The number of amides is 1. The molecule has 3 rings (SSSR count). The van der Waals surface area contributed by atoms with Crippen LogP contribution >= 0.6 is 0 Å². The van der Waals surface area contributed by atoms with Gasteiger partial charge in [-0.25, -0.2) is 4.98 Å². The van der Waals surface area contributed by atoms with Crippen LogP contribution in [-0.4, -0.2) is 22.6 Å². The second kappa shape index (κ2) is 6.62. The molecule has 0 bridgehead atoms. The van der Waals surface area contributed by atoms with E-state index in [4.69, 9.17) is 9.15 Å². The molecule has 0 aliphatic rings. The molecule has 2 heterocycles. The third kappa shape index (κ3) is 3.03. The molecular formula is C18H19N3O3. The molecule has 2 aromatic heterocycles. The zero-order valence-corrected chi connectivity index (χ0v) is 13.8. The molecule has 1 N–H and O–H groups in total. The molecule has 1 aromatic carbocycles. The van der Waals surface area contributed by atoms with Crippen molar-refractivity contribution in [3.05, 3.63) is 71.7 Å². The van der Waals surface area contributed by atoms with Crippen molar-refractivity contribution in [3.8, 4) is 5.75 Å². The summed E-state index contributed by atoms with van der Waals surface area (Å²) in [5.41, 5.74) is 1.40. The summed E-state index contributed by atoms with van der Waals surface area (Å²) < 4.78 is 12.4. The van der Waals surface area contributed by atoms with Crippen LogP contribution in [0.2, 0.25) is 0 Å². The van der Waals surface area contributed by atoms with Gasteiger partial charge in [0.2, 0.25) is 0 Å². The topological polar surface area (TPSA) is 69.3 Å². The van der Waals surface area contributed by atoms with Gasteiger partial charge in [0.05, 0.1) is 18.9 Å². The van der Waals surface area contributed by atoms with Crippen LogP contribution in [0, 0.1) is 6.92 Å². The Hall–Kier alpha value is -3.02. The number of hydrogen-bond donors (Lipinski definition) is 1. The quantitative estimate of drug-likeness (QED) is 0.783. The molecule has 0 saturated carbocycles. The third-order valence-electron chi connectivity index (χ3n) is 3.92. The number of nitrogens with zero attached hydrogens (tertiary/aromatic N) is 2. The summed E-state index contributed by atoms with van der Waals surface area (Å²) in [7, 11) is 3.51. The van der Waals surface area contributed by atoms with Crippen LogP contribution in [0.5, 0.6) is 5.75 Å². The Labute approximate surface area is 140 Å². The summed E-state index contributed by atoms with van der Waals surface area (Å²) in [5.74, 6) is 1.83. The van der Waals surface area contributed by atoms with Crippen LogP contribution in [0.4, 0.5) is 0 Å². The molecule has 0 aliphatic heterocycles. The average molecular weight is 325 g/mol. The molecule has 1 atom stereocenters. The summed E-state index contributed by atoms with van der Waals surface area (Å²) in [6.07, 6.45) is 5.06. The van der Waals surface area contributed by atoms with E-state index in [1.807, 2.05) is 42.1 Å². The zero-order chi connectivity index (χ0) is 17.1. The van der Waals surface area contributed by atoms with Gasteiger partial charge in [0.1, 0.15) is 23.4 Å². The van der Waals surface area contributed by atoms with Crippen LogP contribution in [0.3, 0.4) is 0 Å². The number of carbonyl (C=O) groups excluding carboxylic acids is 1. The number of rotatable bonds is 5. The Balaban J connectivity index is 1.98. The summed E-state index contributed by atoms with van der Waals surface area (Å²) >= 11 is 0. The zero-order valence-electron chi connectivity index (χ0n) is 13.8. The second-order valence-electron chi connectivity index (χ2n) is 5.47. The maximum Gasteiger partial charge on any atom is 0.255 e. The Morgan fingerprint density at radius 1 is 1.38 bits per heavy atom. The van der Waals surface area contributed by atoms with E-state index in [1.54, 1.807) is 26.3 Å². The lowest BCUT2D eigenvalue weighted by molar-refractivity contribution is 0.0939. The minimum atomic E-state index is -0.401. The van der Waals surface area contributed by atoms with E-state index in [2.05, 4.69) is 10.3 Å². The van der Waals surface area contributed by atoms with Gasteiger partial charge in [-0.15, -0.1) is 0 Å². The van der Waals surface area contributed by atoms with Crippen molar-refractivity contribution in [1.82, 2.24) is 14.9 Å². The summed E-state index contributed by atoms with van der Waals surface area (Å²) in [5, 5.41) is 3.03. The number of imidazole rings is 1. The van der Waals surface area contributed by atoms with Crippen LogP contribution in [-0.2, 0) is 7.05 Å². The van der Waals surface area contributed by atoms with E-state index in [0.717, 1.165) is 17.1 Å². The molecule has 1 unspecified atom stereocenters. The van der Waals surface area contributed by atoms with Gasteiger partial charge in [-0.3, -0.25) is 4.79 Å². The molecule has 6 nitrogen and oxygen atoms in total. The SMILES string of the molecule is COc1cccc(C(NC(=O)c2ccoc2C)c2nccn2C)c1. The van der Waals surface area contributed by atoms with Gasteiger partial charge in [-0.1, -0.05) is 12.1 Å². The van der Waals surface area contributed by atoms with E-state index < -0.39 is 6.04 Å². The third-order valence-corrected chi connectivity index (χ3v) is 3.92. The van der Waals surface area contributed by atoms with E-state index >= 15 is 0 Å². The smallest absolute Gasteiger partial charge is 0.255 e. The van der Waals surface area contributed by atoms with Crippen LogP contribution in [0.15, 0.2) is 53.4 Å². The highest BCUT2D eigenvalue weighted by molar-refractivity contribution is 5.95. The van der Waals surface area contributed by atoms with Gasteiger partial charge < -0.3 is 19.0 Å². The van der Waals surface area contributed by atoms with Crippen molar-refractivity contribution < 1.29 is 13.9 Å². The van der Waals surface area contributed by atoms with Crippen LogP contribution < -0.4 is 10.1 Å². The van der Waals surface area contributed by atoms with Gasteiger partial charge in [0.25, 0.3) is 5.91 Å². The second-order valence-corrected chi connectivity index (χ2v) is 5.47. The predicted molar refractivity (Wildman–Crippen MR) is 89.0 cm³/mol. The fourth-order valence-corrected chi connectivity index (χ4v) is 2.60. The molecule has 0 radical (unpaired) electrons. The number of nitrogens with one attached hydrogen (secondary N) is 1. The van der Waals surface area contributed by atoms with Crippen molar-refractivity contribution in [2.45, 2.75) is 13.0 Å². The highest BCUT2D eigenvalue weighted by Crippen LogP contribution is 2.25. The molecule has 0 saturated heterocycles. The lowest BCUT2D eigenvalue weighted by Crippen LogP contribution is -2.31. The van der Waals surface area contributed by atoms with E-state index in [9.17, 15) is 4.79 Å². The molecule has 1 amide bonds. The first-order chi connectivity index (χ1) is 11.6. The van der Waals surface area contributed by atoms with Crippen molar-refractivity contribution in [1.29, 1.82) is 0 Å². The fraction of sp³-hybridized carbons (Fsp3) is 0.222. The highest BCUT2D eigenvalue weighted by atomic mass is 16.5. The molecule has 6 heteroatoms. The number of ether oxygens (including phenoxy) is 1. The first-order valence-electron chi connectivity index (χ1n) is 7.56. The monoisotopic (exact) mass is 325 g/mol. The summed E-state index contributed by atoms with van der Waals surface area (Å²) in [6, 6.07) is 8.83. The lowest BCUT2D eigenvalue weighted by Gasteiger charge is -2.19. The molecule has 124 valence electrons. The predicted octanol–water partition coefficient (Wildman–Crippen LogP) is 2.85. The van der Waals surface area contributed by atoms with E-state index in [1.165, 1.54) is 6.26 Å². The Kier molecular flexibility index (Phi) is 4.37. The maximum absolute atomic E-state index is 12.6. The Morgan fingerprint density at radius 3 is 2.83 bits per heavy atom. The van der Waals surface area contributed by atoms with Crippen molar-refractivity contribution in [2.24, 2.45) is 7.05 Å². The van der Waals surface area contributed by atoms with Crippen LogP contribution in [0.25, 0.3) is 0 Å². The normalized spacial score (nSPS) is 12.0. The molecule has 0 spiro atoms.